The Bertz CT molecular complexity index is 1670. The van der Waals surface area contributed by atoms with Crippen LogP contribution >= 0.6 is 11.8 Å². The van der Waals surface area contributed by atoms with Crippen LogP contribution in [0.15, 0.2) is 152 Å². The molecule has 5 aromatic carbocycles. The summed E-state index contributed by atoms with van der Waals surface area (Å²) in [6.45, 7) is 0.118. The third-order valence-corrected chi connectivity index (χ3v) is 9.94. The van der Waals surface area contributed by atoms with Crippen LogP contribution in [-0.2, 0) is 14.3 Å². The number of hydrogen-bond acceptors (Lipinski definition) is 4. The molecule has 0 aliphatic heterocycles. The van der Waals surface area contributed by atoms with Gasteiger partial charge < -0.3 is 15.2 Å². The fraction of sp³-hybridized carbons (Fsp3) is 0.150. The first-order valence-electron chi connectivity index (χ1n) is 15.4. The second-order valence-electron chi connectivity index (χ2n) is 11.1. The van der Waals surface area contributed by atoms with E-state index >= 15 is 0 Å². The number of carboxylic acid groups (broad SMARTS) is 1. The average molecular weight is 626 g/mol. The molecule has 0 radical (unpaired) electrons. The second-order valence-corrected chi connectivity index (χ2v) is 12.4. The molecule has 0 aromatic heterocycles. The highest BCUT2D eigenvalue weighted by Gasteiger charge is 2.36. The number of alkyl carbamates (subject to hydrolysis) is 1. The lowest BCUT2D eigenvalue weighted by Crippen LogP contribution is -2.40. The molecule has 6 rings (SSSR count). The standard InChI is InChI=1S/C40H35NO4S/c42-38(43)37(41-39(44)45-28-36-34-24-12-10-22-32(34)33-23-11-13-25-35(33)36)26-14-15-27-46-40(29-16-4-1-5-17-29,30-18-6-2-7-19-30)31-20-8-3-9-21-31/h1-14,16-26,36-37H,15,27-28H2,(H,41,44)(H,42,43)/b26-14+. The molecule has 1 aliphatic rings. The number of benzene rings is 5. The fourth-order valence-corrected chi connectivity index (χ4v) is 7.71. The van der Waals surface area contributed by atoms with Crippen LogP contribution in [0.5, 0.6) is 0 Å². The topological polar surface area (TPSA) is 75.6 Å². The molecular weight excluding hydrogens is 591 g/mol. The molecule has 0 saturated carbocycles. The first kappa shape index (κ1) is 30.9. The van der Waals surface area contributed by atoms with Crippen molar-refractivity contribution in [3.63, 3.8) is 0 Å². The van der Waals surface area contributed by atoms with Crippen molar-refractivity contribution in [3.8, 4) is 11.1 Å². The summed E-state index contributed by atoms with van der Waals surface area (Å²) >= 11 is 1.80. The number of carboxylic acids is 1. The Hall–Kier alpha value is -5.07. The SMILES string of the molecule is O=C(NC(/C=C/CCSC(c1ccccc1)(c1ccccc1)c1ccccc1)C(=O)O)OCC1c2ccccc2-c2ccccc21. The highest BCUT2D eigenvalue weighted by atomic mass is 32.2. The molecule has 0 saturated heterocycles. The zero-order valence-corrected chi connectivity index (χ0v) is 26.1. The monoisotopic (exact) mass is 625 g/mol. The molecule has 1 aliphatic carbocycles. The van der Waals surface area contributed by atoms with Gasteiger partial charge in [-0.3, -0.25) is 0 Å². The van der Waals surface area contributed by atoms with Crippen LogP contribution in [0.1, 0.15) is 40.2 Å². The minimum absolute atomic E-state index is 0.104. The minimum Gasteiger partial charge on any atom is -0.479 e. The zero-order chi connectivity index (χ0) is 31.8. The van der Waals surface area contributed by atoms with Crippen LogP contribution in [0.25, 0.3) is 11.1 Å². The van der Waals surface area contributed by atoms with E-state index < -0.39 is 22.9 Å². The Morgan fingerprint density at radius 2 is 1.17 bits per heavy atom. The molecule has 1 amide bonds. The van der Waals surface area contributed by atoms with Gasteiger partial charge in [-0.15, -0.1) is 11.8 Å². The Labute approximate surface area is 274 Å². The van der Waals surface area contributed by atoms with E-state index in [2.05, 4.69) is 90.2 Å². The molecule has 0 spiro atoms. The lowest BCUT2D eigenvalue weighted by Gasteiger charge is -2.35. The van der Waals surface area contributed by atoms with Crippen molar-refractivity contribution in [2.75, 3.05) is 12.4 Å². The molecule has 5 aromatic rings. The maximum atomic E-state index is 12.8. The van der Waals surface area contributed by atoms with Crippen molar-refractivity contribution >= 4 is 23.8 Å². The number of thioether (sulfide) groups is 1. The number of ether oxygens (including phenoxy) is 1. The summed E-state index contributed by atoms with van der Waals surface area (Å²) in [6, 6.07) is 46.3. The number of carbonyl (C=O) groups is 2. The molecule has 1 atom stereocenters. The smallest absolute Gasteiger partial charge is 0.408 e. The Balaban J connectivity index is 1.12. The van der Waals surface area contributed by atoms with Crippen molar-refractivity contribution < 1.29 is 19.4 Å². The van der Waals surface area contributed by atoms with Gasteiger partial charge in [0, 0.05) is 5.92 Å². The summed E-state index contributed by atoms with van der Waals surface area (Å²) in [5, 5.41) is 12.4. The van der Waals surface area contributed by atoms with E-state index in [4.69, 9.17) is 4.74 Å². The number of nitrogens with one attached hydrogen (secondary N) is 1. The predicted molar refractivity (Wildman–Crippen MR) is 185 cm³/mol. The summed E-state index contributed by atoms with van der Waals surface area (Å²) in [5.74, 6) is -0.537. The maximum absolute atomic E-state index is 12.8. The molecule has 0 bridgehead atoms. The van der Waals surface area contributed by atoms with E-state index in [-0.39, 0.29) is 12.5 Å². The van der Waals surface area contributed by atoms with Gasteiger partial charge in [0.1, 0.15) is 12.6 Å². The number of aliphatic carboxylic acids is 1. The van der Waals surface area contributed by atoms with Crippen molar-refractivity contribution in [1.82, 2.24) is 5.32 Å². The van der Waals surface area contributed by atoms with Gasteiger partial charge in [0.2, 0.25) is 0 Å². The van der Waals surface area contributed by atoms with E-state index in [0.717, 1.165) is 22.3 Å². The van der Waals surface area contributed by atoms with Gasteiger partial charge in [-0.05, 0) is 51.1 Å². The lowest BCUT2D eigenvalue weighted by molar-refractivity contribution is -0.138. The van der Waals surface area contributed by atoms with Crippen molar-refractivity contribution in [1.29, 1.82) is 0 Å². The quantitative estimate of drug-likeness (QED) is 0.0825. The molecule has 6 heteroatoms. The fourth-order valence-electron chi connectivity index (χ4n) is 6.24. The molecule has 46 heavy (non-hydrogen) atoms. The molecule has 5 nitrogen and oxygen atoms in total. The van der Waals surface area contributed by atoms with E-state index in [1.165, 1.54) is 22.8 Å². The van der Waals surface area contributed by atoms with Crippen LogP contribution < -0.4 is 5.32 Å². The number of fused-ring (bicyclic) bond motifs is 3. The summed E-state index contributed by atoms with van der Waals surface area (Å²) < 4.78 is 5.13. The Kier molecular flexibility index (Phi) is 9.65. The predicted octanol–water partition coefficient (Wildman–Crippen LogP) is 8.65. The molecular formula is C40H35NO4S. The van der Waals surface area contributed by atoms with E-state index in [0.29, 0.717) is 12.2 Å². The van der Waals surface area contributed by atoms with Gasteiger partial charge in [-0.1, -0.05) is 152 Å². The van der Waals surface area contributed by atoms with Crippen LogP contribution in [0.3, 0.4) is 0 Å². The number of hydrogen-bond donors (Lipinski definition) is 2. The summed E-state index contributed by atoms with van der Waals surface area (Å²) in [7, 11) is 0. The van der Waals surface area contributed by atoms with Gasteiger partial charge >= 0.3 is 12.1 Å². The van der Waals surface area contributed by atoms with Crippen molar-refractivity contribution in [3.05, 3.63) is 179 Å². The van der Waals surface area contributed by atoms with Gasteiger partial charge in [-0.2, -0.15) is 0 Å². The lowest BCUT2D eigenvalue weighted by atomic mass is 9.84. The Morgan fingerprint density at radius 3 is 1.65 bits per heavy atom. The van der Waals surface area contributed by atoms with Crippen LogP contribution in [0.2, 0.25) is 0 Å². The summed E-state index contributed by atoms with van der Waals surface area (Å²) in [6.07, 6.45) is 3.19. The van der Waals surface area contributed by atoms with Crippen LogP contribution in [-0.4, -0.2) is 35.6 Å². The van der Waals surface area contributed by atoms with Gasteiger partial charge in [-0.25, -0.2) is 9.59 Å². The van der Waals surface area contributed by atoms with E-state index in [1.807, 2.05) is 60.7 Å². The number of amides is 1. The van der Waals surface area contributed by atoms with Gasteiger partial charge in [0.05, 0.1) is 4.75 Å². The number of carbonyl (C=O) groups excluding carboxylic acids is 1. The van der Waals surface area contributed by atoms with Crippen molar-refractivity contribution in [2.24, 2.45) is 0 Å². The highest BCUT2D eigenvalue weighted by molar-refractivity contribution is 8.00. The van der Waals surface area contributed by atoms with E-state index in [9.17, 15) is 14.7 Å². The number of rotatable bonds is 12. The molecule has 0 fully saturated rings. The van der Waals surface area contributed by atoms with Crippen molar-refractivity contribution in [2.45, 2.75) is 23.1 Å². The first-order valence-corrected chi connectivity index (χ1v) is 16.4. The van der Waals surface area contributed by atoms with Crippen LogP contribution in [0, 0.1) is 0 Å². The van der Waals surface area contributed by atoms with Gasteiger partial charge in [0.15, 0.2) is 0 Å². The molecule has 1 unspecified atom stereocenters. The molecule has 2 N–H and O–H groups in total. The Morgan fingerprint density at radius 1 is 0.717 bits per heavy atom. The third-order valence-electron chi connectivity index (χ3n) is 8.36. The minimum atomic E-state index is -1.21. The molecule has 230 valence electrons. The normalized spacial score (nSPS) is 13.1. The summed E-state index contributed by atoms with van der Waals surface area (Å²) in [5.41, 5.74) is 7.96. The van der Waals surface area contributed by atoms with E-state index in [1.54, 1.807) is 11.8 Å². The highest BCUT2D eigenvalue weighted by Crippen LogP contribution is 2.48. The third kappa shape index (κ3) is 6.49. The summed E-state index contributed by atoms with van der Waals surface area (Å²) in [4.78, 5) is 24.9. The number of allylic oxidation sites excluding steroid dienone is 1. The maximum Gasteiger partial charge on any atom is 0.408 e. The zero-order valence-electron chi connectivity index (χ0n) is 25.3. The molecule has 0 heterocycles. The largest absolute Gasteiger partial charge is 0.479 e. The second kappa shape index (κ2) is 14.4. The van der Waals surface area contributed by atoms with Gasteiger partial charge in [0.25, 0.3) is 0 Å². The van der Waals surface area contributed by atoms with Crippen LogP contribution in [0.4, 0.5) is 4.79 Å². The average Bonchev–Trinajstić information content (AvgIpc) is 3.43. The first-order chi connectivity index (χ1) is 22.6.